The molecular weight excluding hydrogens is 872 g/mol. The van der Waals surface area contributed by atoms with Crippen molar-refractivity contribution in [3.8, 4) is 17.0 Å². The first kappa shape index (κ1) is 44.8. The summed E-state index contributed by atoms with van der Waals surface area (Å²) in [7, 11) is 0. The topological polar surface area (TPSA) is 192 Å². The molecule has 0 saturated carbocycles. The van der Waals surface area contributed by atoms with Crippen molar-refractivity contribution < 1.29 is 24.3 Å². The van der Waals surface area contributed by atoms with Gasteiger partial charge < -0.3 is 49.9 Å². The number of phenols is 1. The number of halogens is 1. The van der Waals surface area contributed by atoms with Gasteiger partial charge in [-0.25, -0.2) is 9.97 Å². The Hall–Kier alpha value is -6.04. The van der Waals surface area contributed by atoms with Gasteiger partial charge in [-0.05, 0) is 92.1 Å². The van der Waals surface area contributed by atoms with E-state index in [1.807, 2.05) is 62.6 Å². The number of hydrogen-bond donors (Lipinski definition) is 4. The minimum Gasteiger partial charge on any atom is -0.507 e. The van der Waals surface area contributed by atoms with Crippen LogP contribution in [0.1, 0.15) is 74.7 Å². The van der Waals surface area contributed by atoms with Crippen LogP contribution in [-0.4, -0.2) is 140 Å². The lowest BCUT2D eigenvalue weighted by atomic mass is 9.89. The zero-order chi connectivity index (χ0) is 46.2. The van der Waals surface area contributed by atoms with Crippen LogP contribution in [0, 0.1) is 5.92 Å². The van der Waals surface area contributed by atoms with E-state index in [4.69, 9.17) is 26.1 Å². The summed E-state index contributed by atoms with van der Waals surface area (Å²) < 4.78 is 5.90. The number of fused-ring (bicyclic) bond motifs is 3. The summed E-state index contributed by atoms with van der Waals surface area (Å²) in [5, 5.41) is 41.3. The first-order chi connectivity index (χ1) is 32.6. The first-order valence-corrected chi connectivity index (χ1v) is 24.1. The van der Waals surface area contributed by atoms with Crippen molar-refractivity contribution in [2.75, 3.05) is 78.9 Å². The number of anilines is 4. The first-order valence-electron chi connectivity index (χ1n) is 23.8. The fourth-order valence-electron chi connectivity index (χ4n) is 10.8. The van der Waals surface area contributed by atoms with Crippen molar-refractivity contribution in [2.24, 2.45) is 5.92 Å². The number of piperidine rings is 2. The lowest BCUT2D eigenvalue weighted by Crippen LogP contribution is -2.58. The van der Waals surface area contributed by atoms with Crippen molar-refractivity contribution in [2.45, 2.75) is 88.6 Å². The summed E-state index contributed by atoms with van der Waals surface area (Å²) in [6, 6.07) is 18.3. The van der Waals surface area contributed by atoms with E-state index in [0.29, 0.717) is 40.5 Å². The van der Waals surface area contributed by atoms with Crippen molar-refractivity contribution in [3.05, 3.63) is 95.0 Å². The number of phenolic OH excluding ortho intramolecular Hbond substituents is 1. The molecule has 4 atom stereocenters. The molecule has 2 aromatic carbocycles. The van der Waals surface area contributed by atoms with E-state index in [2.05, 4.69) is 45.6 Å². The van der Waals surface area contributed by atoms with Gasteiger partial charge in [0.25, 0.3) is 0 Å². The highest BCUT2D eigenvalue weighted by atomic mass is 35.5. The Bertz CT molecular complexity index is 2530. The van der Waals surface area contributed by atoms with E-state index in [-0.39, 0.29) is 42.5 Å². The number of benzene rings is 2. The monoisotopic (exact) mass is 930 g/mol. The summed E-state index contributed by atoms with van der Waals surface area (Å²) in [6.45, 7) is 11.2. The lowest BCUT2D eigenvalue weighted by Gasteiger charge is -2.45. The van der Waals surface area contributed by atoms with Gasteiger partial charge in [0, 0.05) is 93.9 Å². The Morgan fingerprint density at radius 2 is 1.66 bits per heavy atom. The number of carbonyl (C=O) groups excluding carboxylic acids is 2. The largest absolute Gasteiger partial charge is 0.507 e. The number of likely N-dealkylation sites (tertiary alicyclic amines) is 2. The molecule has 2 amide bonds. The van der Waals surface area contributed by atoms with Gasteiger partial charge in [0.15, 0.2) is 17.4 Å². The summed E-state index contributed by atoms with van der Waals surface area (Å²) in [5.41, 5.74) is 4.40. The number of hydrogen-bond acceptors (Lipinski definition) is 15. The summed E-state index contributed by atoms with van der Waals surface area (Å²) >= 11 is 6.02. The second kappa shape index (κ2) is 19.3. The zero-order valence-corrected chi connectivity index (χ0v) is 38.8. The molecule has 18 heteroatoms. The van der Waals surface area contributed by atoms with Gasteiger partial charge in [0.1, 0.15) is 17.7 Å². The van der Waals surface area contributed by atoms with Crippen LogP contribution in [0.25, 0.3) is 11.3 Å². The van der Waals surface area contributed by atoms with Crippen LogP contribution < -0.4 is 25.3 Å². The predicted octanol–water partition coefficient (Wildman–Crippen LogP) is 5.27. The van der Waals surface area contributed by atoms with Gasteiger partial charge in [-0.2, -0.15) is 0 Å². The number of rotatable bonds is 11. The lowest BCUT2D eigenvalue weighted by molar-refractivity contribution is -0.141. The second-order valence-corrected chi connectivity index (χ2v) is 19.5. The second-order valence-electron chi connectivity index (χ2n) is 19.0. The Morgan fingerprint density at radius 3 is 2.40 bits per heavy atom. The van der Waals surface area contributed by atoms with E-state index >= 15 is 0 Å². The average molecular weight is 932 g/mol. The molecule has 5 aliphatic heterocycles. The molecule has 5 aliphatic rings. The van der Waals surface area contributed by atoms with Crippen molar-refractivity contribution >= 4 is 46.7 Å². The molecule has 0 bridgehead atoms. The van der Waals surface area contributed by atoms with Crippen LogP contribution in [0.3, 0.4) is 0 Å². The van der Waals surface area contributed by atoms with Gasteiger partial charge in [-0.15, -0.1) is 10.2 Å². The van der Waals surface area contributed by atoms with E-state index < -0.39 is 18.1 Å². The van der Waals surface area contributed by atoms with Crippen LogP contribution >= 0.6 is 11.6 Å². The third-order valence-corrected chi connectivity index (χ3v) is 14.7. The molecule has 3 aromatic heterocycles. The van der Waals surface area contributed by atoms with E-state index in [1.54, 1.807) is 24.3 Å². The molecule has 0 spiro atoms. The van der Waals surface area contributed by atoms with Crippen molar-refractivity contribution in [1.29, 1.82) is 0 Å². The Kier molecular flexibility index (Phi) is 12.9. The number of amides is 2. The zero-order valence-electron chi connectivity index (χ0n) is 38.0. The maximum absolute atomic E-state index is 14.2. The van der Waals surface area contributed by atoms with Gasteiger partial charge >= 0.3 is 0 Å². The number of carbonyl (C=O) groups is 2. The van der Waals surface area contributed by atoms with Gasteiger partial charge in [-0.1, -0.05) is 54.9 Å². The standard InChI is InChI=1S/C49H59ClN12O5/c1-30(2)45(48(66)62-29-37(63)21-41(62)47(65)52-24-31-7-9-34(50)10-8-31)43-23-44(57-67-43)59-17-13-35(14-18-59)58-15-11-32(12-16-58)33-25-53-49(54-26-33)60-19-20-61-36(28-60)27-51-46-40(61)22-39(55-56-46)38-5-3-4-6-42(38)64/h3-10,22-23,25-26,30,32,35-37,41,45,63-64H,11-21,24,27-29H2,1-2H3,(H,51,56)(H,52,65)/t36-,37+,41-,45?/m0/s1. The number of β-amino-alcohol motifs (C(OH)–C–C–N with tert-alkyl or cyclic N) is 1. The van der Waals surface area contributed by atoms with Crippen molar-refractivity contribution in [1.82, 2.24) is 40.4 Å². The minimum atomic E-state index is -0.791. The molecule has 5 aromatic rings. The SMILES string of the molecule is CC(C)C(C(=O)N1C[C@H](O)C[C@H]1C(=O)NCc1ccc(Cl)cc1)c1cc(N2CCC(N3CCC(c4cnc(N5CCN6c7cc(-c8ccccc8O)nnc7NC[C@H]6C5)nc4)CC3)CC2)no1. The fraction of sp³-hybridized carbons (Fsp3) is 0.490. The predicted molar refractivity (Wildman–Crippen MR) is 255 cm³/mol. The van der Waals surface area contributed by atoms with Crippen molar-refractivity contribution in [3.63, 3.8) is 0 Å². The van der Waals surface area contributed by atoms with Crippen LogP contribution in [0.5, 0.6) is 5.75 Å². The number of nitrogens with one attached hydrogen (secondary N) is 2. The average Bonchev–Trinajstić information content (AvgIpc) is 4.01. The Balaban J connectivity index is 0.693. The van der Waals surface area contributed by atoms with E-state index in [0.717, 1.165) is 107 Å². The molecule has 10 rings (SSSR count). The maximum Gasteiger partial charge on any atom is 0.243 e. The summed E-state index contributed by atoms with van der Waals surface area (Å²) in [4.78, 5) is 48.4. The molecule has 4 fully saturated rings. The van der Waals surface area contributed by atoms with Gasteiger partial charge in [0.2, 0.25) is 17.8 Å². The smallest absolute Gasteiger partial charge is 0.243 e. The van der Waals surface area contributed by atoms with E-state index in [9.17, 15) is 19.8 Å². The summed E-state index contributed by atoms with van der Waals surface area (Å²) in [5.74, 6) is 2.03. The molecule has 0 aliphatic carbocycles. The number of piperazine rings is 1. The Labute approximate surface area is 395 Å². The molecule has 4 saturated heterocycles. The third kappa shape index (κ3) is 9.45. The van der Waals surface area contributed by atoms with Gasteiger partial charge in [-0.3, -0.25) is 9.59 Å². The molecule has 4 N–H and O–H groups in total. The molecule has 8 heterocycles. The molecule has 352 valence electrons. The maximum atomic E-state index is 14.2. The molecule has 17 nitrogen and oxygen atoms in total. The highest BCUT2D eigenvalue weighted by molar-refractivity contribution is 6.30. The third-order valence-electron chi connectivity index (χ3n) is 14.5. The minimum absolute atomic E-state index is 0.0864. The number of aromatic nitrogens is 5. The molecule has 1 unspecified atom stereocenters. The number of para-hydroxylation sites is 1. The van der Waals surface area contributed by atoms with Crippen LogP contribution in [0.2, 0.25) is 5.02 Å². The van der Waals surface area contributed by atoms with Gasteiger partial charge in [0.05, 0.1) is 23.5 Å². The fourth-order valence-corrected chi connectivity index (χ4v) is 10.9. The highest BCUT2D eigenvalue weighted by Crippen LogP contribution is 2.38. The van der Waals surface area contributed by atoms with E-state index in [1.165, 1.54) is 10.5 Å². The number of aliphatic hydroxyl groups excluding tert-OH is 1. The number of aromatic hydroxyl groups is 1. The Morgan fingerprint density at radius 1 is 0.896 bits per heavy atom. The molecule has 0 radical (unpaired) electrons. The summed E-state index contributed by atoms with van der Waals surface area (Å²) in [6.07, 6.45) is 7.61. The number of aliphatic hydroxyl groups is 1. The van der Waals surface area contributed by atoms with Crippen LogP contribution in [0.15, 0.2) is 77.6 Å². The van der Waals surface area contributed by atoms with Crippen LogP contribution in [0.4, 0.5) is 23.3 Å². The highest BCUT2D eigenvalue weighted by Gasteiger charge is 2.44. The molecule has 67 heavy (non-hydrogen) atoms. The molecular formula is C49H59ClN12O5. The number of nitrogens with zero attached hydrogens (tertiary/aromatic N) is 10. The quantitative estimate of drug-likeness (QED) is 0.134. The van der Waals surface area contributed by atoms with Crippen LogP contribution in [-0.2, 0) is 16.1 Å². The normalized spacial score (nSPS) is 22.1.